The van der Waals surface area contributed by atoms with Crippen LogP contribution in [0.25, 0.3) is 0 Å². The molecule has 0 aromatic carbocycles. The third-order valence-electron chi connectivity index (χ3n) is 2.87. The molecule has 0 aromatic rings. The van der Waals surface area contributed by atoms with E-state index in [1.165, 1.54) is 0 Å². The van der Waals surface area contributed by atoms with Crippen molar-refractivity contribution in [2.24, 2.45) is 0 Å². The van der Waals surface area contributed by atoms with E-state index in [9.17, 15) is 14.7 Å². The van der Waals surface area contributed by atoms with E-state index in [0.717, 1.165) is 38.1 Å². The maximum Gasteiger partial charge on any atom is 0.337 e. The summed E-state index contributed by atoms with van der Waals surface area (Å²) in [6.45, 7) is 4.16. The first-order valence-electron chi connectivity index (χ1n) is 6.19. The number of nitrogens with zero attached hydrogens (tertiary/aromatic N) is 1. The van der Waals surface area contributed by atoms with Gasteiger partial charge in [-0.15, -0.1) is 0 Å². The second-order valence-electron chi connectivity index (χ2n) is 4.64. The summed E-state index contributed by atoms with van der Waals surface area (Å²) in [4.78, 5) is 24.3. The van der Waals surface area contributed by atoms with Gasteiger partial charge in [0.1, 0.15) is 0 Å². The van der Waals surface area contributed by atoms with Crippen molar-refractivity contribution in [3.05, 3.63) is 0 Å². The quantitative estimate of drug-likeness (QED) is 0.509. The number of hydrogen-bond donors (Lipinski definition) is 4. The molecule has 0 spiro atoms. The van der Waals surface area contributed by atoms with Gasteiger partial charge in [-0.05, 0) is 6.92 Å². The number of carbonyl (C=O) groups is 2. The van der Waals surface area contributed by atoms with Crippen LogP contribution in [-0.2, 0) is 4.79 Å². The molecule has 0 saturated carbocycles. The van der Waals surface area contributed by atoms with Crippen LogP contribution in [0.5, 0.6) is 0 Å². The number of nitrogens with one attached hydrogen (secondary N) is 2. The predicted octanol–water partition coefficient (Wildman–Crippen LogP) is -0.830. The highest BCUT2D eigenvalue weighted by molar-refractivity contribution is 7.99. The standard InChI is InChI=1S/C11H21N3O4S/c1-11(18,9(15)16)8-13-10(17)12-2-3-14-4-6-19-7-5-14/h18H,2-8H2,1H3,(H,15,16)(H2,12,13,17). The van der Waals surface area contributed by atoms with Crippen molar-refractivity contribution in [1.29, 1.82) is 0 Å². The third-order valence-corrected chi connectivity index (χ3v) is 3.81. The minimum Gasteiger partial charge on any atom is -0.479 e. The van der Waals surface area contributed by atoms with E-state index < -0.39 is 17.6 Å². The van der Waals surface area contributed by atoms with Crippen molar-refractivity contribution in [1.82, 2.24) is 15.5 Å². The van der Waals surface area contributed by atoms with Crippen LogP contribution in [0.1, 0.15) is 6.92 Å². The lowest BCUT2D eigenvalue weighted by atomic mass is 10.1. The van der Waals surface area contributed by atoms with Gasteiger partial charge in [-0.25, -0.2) is 9.59 Å². The maximum absolute atomic E-state index is 11.4. The van der Waals surface area contributed by atoms with E-state index in [0.29, 0.717) is 6.54 Å². The molecule has 1 aliphatic rings. The fourth-order valence-electron chi connectivity index (χ4n) is 1.54. The molecule has 1 aliphatic heterocycles. The molecule has 0 radical (unpaired) electrons. The first kappa shape index (κ1) is 16.1. The predicted molar refractivity (Wildman–Crippen MR) is 73.4 cm³/mol. The van der Waals surface area contributed by atoms with E-state index in [1.807, 2.05) is 11.8 Å². The summed E-state index contributed by atoms with van der Waals surface area (Å²) in [6.07, 6.45) is 0. The Hall–Kier alpha value is -0.990. The van der Waals surface area contributed by atoms with Gasteiger partial charge in [0, 0.05) is 37.7 Å². The Labute approximate surface area is 116 Å². The molecule has 19 heavy (non-hydrogen) atoms. The molecular formula is C11H21N3O4S. The van der Waals surface area contributed by atoms with Crippen LogP contribution in [-0.4, -0.2) is 76.9 Å². The highest BCUT2D eigenvalue weighted by atomic mass is 32.2. The normalized spacial score (nSPS) is 19.5. The van der Waals surface area contributed by atoms with Crippen molar-refractivity contribution in [2.75, 3.05) is 44.2 Å². The Morgan fingerprint density at radius 2 is 1.95 bits per heavy atom. The Kier molecular flexibility index (Phi) is 6.40. The van der Waals surface area contributed by atoms with Crippen LogP contribution < -0.4 is 10.6 Å². The van der Waals surface area contributed by atoms with Crippen LogP contribution in [0, 0.1) is 0 Å². The number of hydrogen-bond acceptors (Lipinski definition) is 5. The van der Waals surface area contributed by atoms with Crippen molar-refractivity contribution in [3.8, 4) is 0 Å². The fraction of sp³-hybridized carbons (Fsp3) is 0.818. The average molecular weight is 291 g/mol. The second kappa shape index (κ2) is 7.56. The molecule has 1 fully saturated rings. The van der Waals surface area contributed by atoms with E-state index >= 15 is 0 Å². The van der Waals surface area contributed by atoms with E-state index in [-0.39, 0.29) is 6.54 Å². The smallest absolute Gasteiger partial charge is 0.337 e. The summed E-state index contributed by atoms with van der Waals surface area (Å²) in [5.74, 6) is 0.875. The third kappa shape index (κ3) is 6.13. The molecule has 0 bridgehead atoms. The number of thioether (sulfide) groups is 1. The van der Waals surface area contributed by atoms with Gasteiger partial charge in [0.15, 0.2) is 5.60 Å². The van der Waals surface area contributed by atoms with Crippen molar-refractivity contribution in [3.63, 3.8) is 0 Å². The lowest BCUT2D eigenvalue weighted by Gasteiger charge is -2.26. The number of urea groups is 1. The number of rotatable bonds is 6. The molecule has 0 aromatic heterocycles. The van der Waals surface area contributed by atoms with Crippen molar-refractivity contribution in [2.45, 2.75) is 12.5 Å². The Morgan fingerprint density at radius 1 is 1.32 bits per heavy atom. The summed E-state index contributed by atoms with van der Waals surface area (Å²) in [6, 6.07) is -0.465. The first-order chi connectivity index (χ1) is 8.92. The monoisotopic (exact) mass is 291 g/mol. The van der Waals surface area contributed by atoms with Crippen LogP contribution >= 0.6 is 11.8 Å². The molecule has 8 heteroatoms. The molecule has 7 nitrogen and oxygen atoms in total. The largest absolute Gasteiger partial charge is 0.479 e. The SMILES string of the molecule is CC(O)(CNC(=O)NCCN1CCSCC1)C(=O)O. The zero-order valence-electron chi connectivity index (χ0n) is 11.0. The molecule has 2 amide bonds. The van der Waals surface area contributed by atoms with Crippen LogP contribution in [0.3, 0.4) is 0 Å². The maximum atomic E-state index is 11.4. The van der Waals surface area contributed by atoms with Gasteiger partial charge < -0.3 is 20.8 Å². The number of aliphatic hydroxyl groups is 1. The molecule has 1 heterocycles. The molecule has 4 N–H and O–H groups in total. The molecule has 0 aliphatic carbocycles. The molecule has 1 rings (SSSR count). The molecule has 110 valence electrons. The van der Waals surface area contributed by atoms with Crippen molar-refractivity contribution < 1.29 is 19.8 Å². The number of aliphatic carboxylic acids is 1. The summed E-state index contributed by atoms with van der Waals surface area (Å²) < 4.78 is 0. The number of carboxylic acid groups (broad SMARTS) is 1. The highest BCUT2D eigenvalue weighted by Gasteiger charge is 2.30. The van der Waals surface area contributed by atoms with Gasteiger partial charge in [0.05, 0.1) is 6.54 Å². The fourth-order valence-corrected chi connectivity index (χ4v) is 2.52. The van der Waals surface area contributed by atoms with E-state index in [1.54, 1.807) is 0 Å². The second-order valence-corrected chi connectivity index (χ2v) is 5.87. The van der Waals surface area contributed by atoms with E-state index in [4.69, 9.17) is 5.11 Å². The van der Waals surface area contributed by atoms with Crippen LogP contribution in [0.2, 0.25) is 0 Å². The highest BCUT2D eigenvalue weighted by Crippen LogP contribution is 2.07. The molecule has 1 atom stereocenters. The Morgan fingerprint density at radius 3 is 2.53 bits per heavy atom. The first-order valence-corrected chi connectivity index (χ1v) is 7.35. The lowest BCUT2D eigenvalue weighted by molar-refractivity contribution is -0.155. The molecule has 1 unspecified atom stereocenters. The minimum atomic E-state index is -1.94. The zero-order valence-corrected chi connectivity index (χ0v) is 11.8. The number of carbonyl (C=O) groups excluding carboxylic acids is 1. The van der Waals surface area contributed by atoms with E-state index in [2.05, 4.69) is 15.5 Å². The van der Waals surface area contributed by atoms with Crippen LogP contribution in [0.4, 0.5) is 4.79 Å². The number of carboxylic acids is 1. The van der Waals surface area contributed by atoms with Gasteiger partial charge in [-0.2, -0.15) is 11.8 Å². The van der Waals surface area contributed by atoms with Crippen molar-refractivity contribution >= 4 is 23.8 Å². The zero-order chi connectivity index (χ0) is 14.3. The summed E-state index contributed by atoms with van der Waals surface area (Å²) >= 11 is 1.93. The number of amides is 2. The Bertz CT molecular complexity index is 319. The summed E-state index contributed by atoms with van der Waals surface area (Å²) in [7, 11) is 0. The minimum absolute atomic E-state index is 0.325. The topological polar surface area (TPSA) is 102 Å². The van der Waals surface area contributed by atoms with Gasteiger partial charge in [0.25, 0.3) is 0 Å². The summed E-state index contributed by atoms with van der Waals surface area (Å²) in [5, 5.41) is 23.1. The average Bonchev–Trinajstić information content (AvgIpc) is 2.37. The van der Waals surface area contributed by atoms with Gasteiger partial charge in [-0.3, -0.25) is 4.90 Å². The molecule has 1 saturated heterocycles. The lowest BCUT2D eigenvalue weighted by Crippen LogP contribution is -2.50. The molecular weight excluding hydrogens is 270 g/mol. The van der Waals surface area contributed by atoms with Gasteiger partial charge >= 0.3 is 12.0 Å². The van der Waals surface area contributed by atoms with Gasteiger partial charge in [0.2, 0.25) is 0 Å². The Balaban J connectivity index is 2.12. The van der Waals surface area contributed by atoms with Crippen LogP contribution in [0.15, 0.2) is 0 Å². The van der Waals surface area contributed by atoms with Gasteiger partial charge in [-0.1, -0.05) is 0 Å². The summed E-state index contributed by atoms with van der Waals surface area (Å²) in [5.41, 5.74) is -1.94.